The highest BCUT2D eigenvalue weighted by Crippen LogP contribution is 2.27. The number of hydrogen-bond acceptors (Lipinski definition) is 3. The quantitative estimate of drug-likeness (QED) is 0.671. The van der Waals surface area contributed by atoms with Crippen LogP contribution < -0.4 is 9.47 Å². The summed E-state index contributed by atoms with van der Waals surface area (Å²) in [7, 11) is 1.59. The summed E-state index contributed by atoms with van der Waals surface area (Å²) in [6, 6.07) is 5.50. The van der Waals surface area contributed by atoms with Crippen LogP contribution in [0.25, 0.3) is 0 Å². The first kappa shape index (κ1) is 10.6. The molecule has 3 nitrogen and oxygen atoms in total. The molecule has 1 aromatic carbocycles. The lowest BCUT2D eigenvalue weighted by Gasteiger charge is -2.09. The van der Waals surface area contributed by atoms with Crippen molar-refractivity contribution in [3.05, 3.63) is 23.8 Å². The molecule has 0 saturated heterocycles. The van der Waals surface area contributed by atoms with Crippen LogP contribution >= 0.6 is 0 Å². The van der Waals surface area contributed by atoms with E-state index in [0.29, 0.717) is 24.5 Å². The van der Waals surface area contributed by atoms with Gasteiger partial charge in [-0.1, -0.05) is 6.07 Å². The third kappa shape index (κ3) is 2.49. The number of ether oxygens (including phenoxy) is 2. The van der Waals surface area contributed by atoms with Gasteiger partial charge in [0.25, 0.3) is 0 Å². The standard InChI is InChI=1S/C11H14O3/c1-3-14-10-5-4-9(6-7-12)8-11(10)13-2/h4-5,7-8H,3,6H2,1-2H3. The number of benzene rings is 1. The van der Waals surface area contributed by atoms with E-state index in [1.807, 2.05) is 25.1 Å². The summed E-state index contributed by atoms with van der Waals surface area (Å²) in [5, 5.41) is 0. The van der Waals surface area contributed by atoms with Gasteiger partial charge >= 0.3 is 0 Å². The molecular formula is C11H14O3. The minimum atomic E-state index is 0.406. The van der Waals surface area contributed by atoms with Gasteiger partial charge < -0.3 is 14.3 Å². The second-order valence-corrected chi connectivity index (χ2v) is 2.79. The van der Waals surface area contributed by atoms with Crippen molar-refractivity contribution < 1.29 is 14.3 Å². The van der Waals surface area contributed by atoms with Crippen molar-refractivity contribution in [2.45, 2.75) is 13.3 Å². The lowest BCUT2D eigenvalue weighted by molar-refractivity contribution is -0.107. The van der Waals surface area contributed by atoms with Crippen LogP contribution in [0, 0.1) is 0 Å². The number of carbonyl (C=O) groups excluding carboxylic acids is 1. The van der Waals surface area contributed by atoms with Crippen LogP contribution in [0.2, 0.25) is 0 Å². The van der Waals surface area contributed by atoms with Crippen LogP contribution in [-0.4, -0.2) is 20.0 Å². The smallest absolute Gasteiger partial charge is 0.161 e. The Morgan fingerprint density at radius 1 is 1.36 bits per heavy atom. The van der Waals surface area contributed by atoms with Gasteiger partial charge in [0.1, 0.15) is 6.29 Å². The Hall–Kier alpha value is -1.51. The number of aldehydes is 1. The Morgan fingerprint density at radius 3 is 2.71 bits per heavy atom. The van der Waals surface area contributed by atoms with Gasteiger partial charge in [-0.3, -0.25) is 0 Å². The molecule has 0 aliphatic rings. The fourth-order valence-electron chi connectivity index (χ4n) is 1.21. The molecule has 0 unspecified atom stereocenters. The third-order valence-electron chi connectivity index (χ3n) is 1.85. The molecule has 0 saturated carbocycles. The summed E-state index contributed by atoms with van der Waals surface area (Å²) >= 11 is 0. The number of rotatable bonds is 5. The normalized spacial score (nSPS) is 9.57. The van der Waals surface area contributed by atoms with Crippen LogP contribution in [0.3, 0.4) is 0 Å². The zero-order valence-corrected chi connectivity index (χ0v) is 8.45. The minimum Gasteiger partial charge on any atom is -0.493 e. The van der Waals surface area contributed by atoms with Crippen molar-refractivity contribution in [1.29, 1.82) is 0 Å². The summed E-state index contributed by atoms with van der Waals surface area (Å²) in [6.07, 6.45) is 1.28. The second-order valence-electron chi connectivity index (χ2n) is 2.79. The zero-order chi connectivity index (χ0) is 10.4. The van der Waals surface area contributed by atoms with Crippen molar-refractivity contribution in [3.63, 3.8) is 0 Å². The van der Waals surface area contributed by atoms with Crippen LogP contribution in [0.15, 0.2) is 18.2 Å². The predicted octanol–water partition coefficient (Wildman–Crippen LogP) is 1.84. The number of carbonyl (C=O) groups is 1. The number of methoxy groups -OCH3 is 1. The van der Waals surface area contributed by atoms with Gasteiger partial charge in [0, 0.05) is 6.42 Å². The maximum Gasteiger partial charge on any atom is 0.161 e. The molecule has 0 bridgehead atoms. The molecule has 1 rings (SSSR count). The van der Waals surface area contributed by atoms with Crippen molar-refractivity contribution in [2.75, 3.05) is 13.7 Å². The third-order valence-corrected chi connectivity index (χ3v) is 1.85. The van der Waals surface area contributed by atoms with Crippen molar-refractivity contribution in [3.8, 4) is 11.5 Å². The first-order valence-electron chi connectivity index (χ1n) is 4.55. The molecule has 0 spiro atoms. The van der Waals surface area contributed by atoms with E-state index in [1.165, 1.54) is 0 Å². The fraction of sp³-hybridized carbons (Fsp3) is 0.364. The Balaban J connectivity index is 2.92. The Labute approximate surface area is 83.6 Å². The van der Waals surface area contributed by atoms with E-state index in [9.17, 15) is 4.79 Å². The molecular weight excluding hydrogens is 180 g/mol. The van der Waals surface area contributed by atoms with E-state index in [-0.39, 0.29) is 0 Å². The molecule has 76 valence electrons. The molecule has 0 heterocycles. The molecule has 0 N–H and O–H groups in total. The maximum atomic E-state index is 10.3. The van der Waals surface area contributed by atoms with E-state index in [1.54, 1.807) is 7.11 Å². The molecule has 0 radical (unpaired) electrons. The molecule has 14 heavy (non-hydrogen) atoms. The van der Waals surface area contributed by atoms with Crippen molar-refractivity contribution in [1.82, 2.24) is 0 Å². The Bertz CT molecular complexity index is 307. The molecule has 0 atom stereocenters. The van der Waals surface area contributed by atoms with Crippen LogP contribution in [0.4, 0.5) is 0 Å². The fourth-order valence-corrected chi connectivity index (χ4v) is 1.21. The highest BCUT2D eigenvalue weighted by molar-refractivity contribution is 5.56. The molecule has 0 aliphatic heterocycles. The van der Waals surface area contributed by atoms with Crippen molar-refractivity contribution >= 4 is 6.29 Å². The van der Waals surface area contributed by atoms with Crippen LogP contribution in [0.5, 0.6) is 11.5 Å². The van der Waals surface area contributed by atoms with Crippen LogP contribution in [-0.2, 0) is 11.2 Å². The van der Waals surface area contributed by atoms with E-state index in [4.69, 9.17) is 9.47 Å². The SMILES string of the molecule is CCOc1ccc(CC=O)cc1OC. The lowest BCUT2D eigenvalue weighted by atomic mass is 10.1. The molecule has 0 aliphatic carbocycles. The number of hydrogen-bond donors (Lipinski definition) is 0. The summed E-state index contributed by atoms with van der Waals surface area (Å²) in [5.74, 6) is 1.39. The average molecular weight is 194 g/mol. The molecule has 0 amide bonds. The van der Waals surface area contributed by atoms with E-state index in [0.717, 1.165) is 11.8 Å². The molecule has 0 aromatic heterocycles. The van der Waals surface area contributed by atoms with Gasteiger partial charge in [-0.2, -0.15) is 0 Å². The minimum absolute atomic E-state index is 0.406. The van der Waals surface area contributed by atoms with Gasteiger partial charge in [0.05, 0.1) is 13.7 Å². The Morgan fingerprint density at radius 2 is 2.14 bits per heavy atom. The Kier molecular flexibility index (Phi) is 3.98. The van der Waals surface area contributed by atoms with E-state index >= 15 is 0 Å². The van der Waals surface area contributed by atoms with Gasteiger partial charge in [0.15, 0.2) is 11.5 Å². The van der Waals surface area contributed by atoms with Crippen molar-refractivity contribution in [2.24, 2.45) is 0 Å². The average Bonchev–Trinajstić information content (AvgIpc) is 2.21. The second kappa shape index (κ2) is 5.27. The van der Waals surface area contributed by atoms with Gasteiger partial charge in [-0.05, 0) is 24.6 Å². The molecule has 0 fully saturated rings. The molecule has 1 aromatic rings. The van der Waals surface area contributed by atoms with E-state index < -0.39 is 0 Å². The maximum absolute atomic E-state index is 10.3. The summed E-state index contributed by atoms with van der Waals surface area (Å²) in [5.41, 5.74) is 0.931. The summed E-state index contributed by atoms with van der Waals surface area (Å²) < 4.78 is 10.5. The summed E-state index contributed by atoms with van der Waals surface area (Å²) in [6.45, 7) is 2.52. The largest absolute Gasteiger partial charge is 0.493 e. The van der Waals surface area contributed by atoms with Crippen LogP contribution in [0.1, 0.15) is 12.5 Å². The predicted molar refractivity (Wildman–Crippen MR) is 53.9 cm³/mol. The highest BCUT2D eigenvalue weighted by atomic mass is 16.5. The molecule has 3 heteroatoms. The zero-order valence-electron chi connectivity index (χ0n) is 8.45. The van der Waals surface area contributed by atoms with Gasteiger partial charge in [-0.25, -0.2) is 0 Å². The summed E-state index contributed by atoms with van der Waals surface area (Å²) in [4.78, 5) is 10.3. The van der Waals surface area contributed by atoms with E-state index in [2.05, 4.69) is 0 Å². The lowest BCUT2D eigenvalue weighted by Crippen LogP contribution is -1.96. The van der Waals surface area contributed by atoms with Gasteiger partial charge in [-0.15, -0.1) is 0 Å². The first-order chi connectivity index (χ1) is 6.81. The van der Waals surface area contributed by atoms with Gasteiger partial charge in [0.2, 0.25) is 0 Å². The monoisotopic (exact) mass is 194 g/mol. The first-order valence-corrected chi connectivity index (χ1v) is 4.55. The highest BCUT2D eigenvalue weighted by Gasteiger charge is 2.04. The topological polar surface area (TPSA) is 35.5 Å².